The third kappa shape index (κ3) is 1.53. The van der Waals surface area contributed by atoms with Crippen LogP contribution in [0, 0.1) is 3.95 Å². The summed E-state index contributed by atoms with van der Waals surface area (Å²) in [5.41, 5.74) is 1.45. The van der Waals surface area contributed by atoms with Gasteiger partial charge >= 0.3 is 0 Å². The van der Waals surface area contributed by atoms with E-state index in [9.17, 15) is 0 Å². The molecule has 1 aliphatic rings. The molecule has 2 nitrogen and oxygen atoms in total. The molecule has 0 N–H and O–H groups in total. The molecule has 2 rings (SSSR count). The smallest absolute Gasteiger partial charge is 0.180 e. The Balaban J connectivity index is 2.55. The summed E-state index contributed by atoms with van der Waals surface area (Å²) >= 11 is 7.12. The number of thiazole rings is 1. The normalized spacial score (nSPS) is 15.5. The minimum Gasteiger partial charge on any atom is -0.317 e. The standard InChI is InChI=1S/C9H14N2S2/c1-10(2)11-7-5-3-4-6-8(7)13-9(11)12/h3-6H2,1-2H3. The lowest BCUT2D eigenvalue weighted by atomic mass is 10.0. The number of nitrogens with zero attached hydrogens (tertiary/aromatic N) is 2. The highest BCUT2D eigenvalue weighted by atomic mass is 32.1. The Hall–Kier alpha value is -0.350. The number of hydrogen-bond acceptors (Lipinski definition) is 3. The van der Waals surface area contributed by atoms with Crippen molar-refractivity contribution in [3.05, 3.63) is 14.5 Å². The van der Waals surface area contributed by atoms with Gasteiger partial charge in [0, 0.05) is 19.0 Å². The van der Waals surface area contributed by atoms with E-state index in [0.29, 0.717) is 0 Å². The van der Waals surface area contributed by atoms with Gasteiger partial charge < -0.3 is 5.01 Å². The lowest BCUT2D eigenvalue weighted by Gasteiger charge is -2.20. The van der Waals surface area contributed by atoms with Crippen molar-refractivity contribution in [1.82, 2.24) is 4.68 Å². The molecule has 1 aromatic rings. The second-order valence-corrected chi connectivity index (χ2v) is 5.33. The zero-order valence-electron chi connectivity index (χ0n) is 8.04. The van der Waals surface area contributed by atoms with Crippen LogP contribution in [-0.2, 0) is 12.8 Å². The molecule has 1 aromatic heterocycles. The van der Waals surface area contributed by atoms with Crippen molar-refractivity contribution in [2.45, 2.75) is 25.7 Å². The van der Waals surface area contributed by atoms with Crippen LogP contribution in [0.5, 0.6) is 0 Å². The highest BCUT2D eigenvalue weighted by molar-refractivity contribution is 7.73. The molecule has 0 aromatic carbocycles. The van der Waals surface area contributed by atoms with Gasteiger partial charge in [0.15, 0.2) is 3.95 Å². The Kier molecular flexibility index (Phi) is 2.43. The molecule has 72 valence electrons. The Bertz CT molecular complexity index is 362. The molecule has 4 heteroatoms. The highest BCUT2D eigenvalue weighted by Gasteiger charge is 2.17. The van der Waals surface area contributed by atoms with E-state index in [-0.39, 0.29) is 0 Å². The maximum atomic E-state index is 5.34. The summed E-state index contributed by atoms with van der Waals surface area (Å²) in [5, 5.41) is 2.09. The molecule has 1 aliphatic carbocycles. The SMILES string of the molecule is CN(C)n1c2c(sc1=S)CCCC2. The average Bonchev–Trinajstić information content (AvgIpc) is 2.39. The van der Waals surface area contributed by atoms with Gasteiger partial charge in [0.25, 0.3) is 0 Å². The van der Waals surface area contributed by atoms with E-state index in [2.05, 4.69) is 23.8 Å². The van der Waals surface area contributed by atoms with Crippen LogP contribution < -0.4 is 5.01 Å². The van der Waals surface area contributed by atoms with Crippen LogP contribution in [0.25, 0.3) is 0 Å². The van der Waals surface area contributed by atoms with E-state index in [0.717, 1.165) is 3.95 Å². The average molecular weight is 214 g/mol. The van der Waals surface area contributed by atoms with Crippen molar-refractivity contribution < 1.29 is 0 Å². The van der Waals surface area contributed by atoms with Gasteiger partial charge in [-0.2, -0.15) is 0 Å². The first-order chi connectivity index (χ1) is 6.20. The lowest BCUT2D eigenvalue weighted by Crippen LogP contribution is -2.27. The third-order valence-corrected chi connectivity index (χ3v) is 3.89. The fourth-order valence-electron chi connectivity index (χ4n) is 1.86. The summed E-state index contributed by atoms with van der Waals surface area (Å²) in [6, 6.07) is 0. The number of aromatic nitrogens is 1. The highest BCUT2D eigenvalue weighted by Crippen LogP contribution is 2.27. The van der Waals surface area contributed by atoms with Crippen LogP contribution in [-0.4, -0.2) is 18.8 Å². The molecule has 0 saturated heterocycles. The van der Waals surface area contributed by atoms with Crippen LogP contribution in [0.4, 0.5) is 0 Å². The van der Waals surface area contributed by atoms with Crippen LogP contribution in [0.1, 0.15) is 23.4 Å². The van der Waals surface area contributed by atoms with Crippen LogP contribution in [0.3, 0.4) is 0 Å². The van der Waals surface area contributed by atoms with Crippen molar-refractivity contribution in [3.63, 3.8) is 0 Å². The summed E-state index contributed by atoms with van der Waals surface area (Å²) in [5.74, 6) is 0. The van der Waals surface area contributed by atoms with E-state index < -0.39 is 0 Å². The van der Waals surface area contributed by atoms with Gasteiger partial charge in [-0.05, 0) is 37.9 Å². The largest absolute Gasteiger partial charge is 0.317 e. The minimum atomic E-state index is 0.997. The van der Waals surface area contributed by atoms with Crippen LogP contribution in [0.2, 0.25) is 0 Å². The zero-order chi connectivity index (χ0) is 9.42. The summed E-state index contributed by atoms with van der Waals surface area (Å²) < 4.78 is 3.17. The lowest BCUT2D eigenvalue weighted by molar-refractivity contribution is 0.611. The van der Waals surface area contributed by atoms with Crippen molar-refractivity contribution in [1.29, 1.82) is 0 Å². The molecular weight excluding hydrogens is 200 g/mol. The van der Waals surface area contributed by atoms with E-state index in [4.69, 9.17) is 12.2 Å². The molecule has 0 atom stereocenters. The van der Waals surface area contributed by atoms with Gasteiger partial charge in [0.2, 0.25) is 0 Å². The Morgan fingerprint density at radius 3 is 2.69 bits per heavy atom. The Labute approximate surface area is 87.8 Å². The molecule has 13 heavy (non-hydrogen) atoms. The second kappa shape index (κ2) is 3.42. The van der Waals surface area contributed by atoms with Crippen molar-refractivity contribution in [2.24, 2.45) is 0 Å². The molecule has 0 fully saturated rings. The van der Waals surface area contributed by atoms with Crippen molar-refractivity contribution in [2.75, 3.05) is 19.1 Å². The minimum absolute atomic E-state index is 0.997. The summed E-state index contributed by atoms with van der Waals surface area (Å²) in [7, 11) is 4.11. The molecule has 0 bridgehead atoms. The number of fused-ring (bicyclic) bond motifs is 1. The van der Waals surface area contributed by atoms with E-state index in [1.54, 1.807) is 11.3 Å². The summed E-state index contributed by atoms with van der Waals surface area (Å²) in [4.78, 5) is 1.50. The maximum Gasteiger partial charge on any atom is 0.180 e. The topological polar surface area (TPSA) is 8.17 Å². The molecular formula is C9H14N2S2. The number of aryl methyl sites for hydroxylation is 1. The van der Waals surface area contributed by atoms with Gasteiger partial charge in [-0.25, -0.2) is 4.68 Å². The van der Waals surface area contributed by atoms with Gasteiger partial charge in [0.1, 0.15) is 0 Å². The fraction of sp³-hybridized carbons (Fsp3) is 0.667. The monoisotopic (exact) mass is 214 g/mol. The molecule has 0 spiro atoms. The van der Waals surface area contributed by atoms with Gasteiger partial charge in [-0.15, -0.1) is 11.3 Å². The molecule has 1 heterocycles. The van der Waals surface area contributed by atoms with E-state index in [1.807, 2.05) is 0 Å². The molecule has 0 aliphatic heterocycles. The Morgan fingerprint density at radius 1 is 1.31 bits per heavy atom. The first-order valence-corrected chi connectivity index (χ1v) is 5.84. The first-order valence-electron chi connectivity index (χ1n) is 4.61. The number of rotatable bonds is 1. The molecule has 0 saturated carbocycles. The van der Waals surface area contributed by atoms with Crippen molar-refractivity contribution in [3.8, 4) is 0 Å². The summed E-state index contributed by atoms with van der Waals surface area (Å²) in [6.45, 7) is 0. The van der Waals surface area contributed by atoms with E-state index >= 15 is 0 Å². The quantitative estimate of drug-likeness (QED) is 0.663. The van der Waals surface area contributed by atoms with Gasteiger partial charge in [-0.1, -0.05) is 0 Å². The molecule has 0 unspecified atom stereocenters. The predicted molar refractivity (Wildman–Crippen MR) is 59.9 cm³/mol. The Morgan fingerprint density at radius 2 is 2.00 bits per heavy atom. The van der Waals surface area contributed by atoms with Crippen LogP contribution >= 0.6 is 23.6 Å². The predicted octanol–water partition coefficient (Wildman–Crippen LogP) is 2.36. The zero-order valence-corrected chi connectivity index (χ0v) is 9.67. The molecule has 0 radical (unpaired) electrons. The van der Waals surface area contributed by atoms with Gasteiger partial charge in [0.05, 0.1) is 5.69 Å². The van der Waals surface area contributed by atoms with Crippen molar-refractivity contribution >= 4 is 23.6 Å². The summed E-state index contributed by atoms with van der Waals surface area (Å²) in [6.07, 6.45) is 5.06. The van der Waals surface area contributed by atoms with Gasteiger partial charge in [-0.3, -0.25) is 0 Å². The van der Waals surface area contributed by atoms with E-state index in [1.165, 1.54) is 36.3 Å². The third-order valence-electron chi connectivity index (χ3n) is 2.43. The first kappa shape index (κ1) is 9.21. The second-order valence-electron chi connectivity index (χ2n) is 3.60. The molecule has 0 amide bonds. The fourth-order valence-corrected chi connectivity index (χ4v) is 3.56. The maximum absolute atomic E-state index is 5.34. The van der Waals surface area contributed by atoms with Crippen LogP contribution in [0.15, 0.2) is 0 Å². The number of hydrogen-bond donors (Lipinski definition) is 0.